The number of carbonyl (C=O) groups excluding carboxylic acids is 2. The molecule has 1 saturated heterocycles. The summed E-state index contributed by atoms with van der Waals surface area (Å²) < 4.78 is 27.4. The highest BCUT2D eigenvalue weighted by atomic mass is 32.2. The van der Waals surface area contributed by atoms with Gasteiger partial charge in [-0.15, -0.1) is 0 Å². The number of nitrogens with one attached hydrogen (secondary N) is 1. The van der Waals surface area contributed by atoms with E-state index >= 15 is 0 Å². The molecule has 23 heavy (non-hydrogen) atoms. The minimum Gasteiger partial charge on any atom is -0.465 e. The molecule has 1 aromatic rings. The van der Waals surface area contributed by atoms with E-state index in [1.165, 1.54) is 13.3 Å². The number of rotatable bonds is 5. The maximum atomic E-state index is 11.8. The lowest BCUT2D eigenvalue weighted by atomic mass is 10.1. The first-order valence-corrected chi connectivity index (χ1v) is 8.93. The molecule has 1 amide bonds. The smallest absolute Gasteiger partial charge is 0.338 e. The average Bonchev–Trinajstić information content (AvgIpc) is 2.85. The van der Waals surface area contributed by atoms with Crippen molar-refractivity contribution in [1.82, 2.24) is 5.43 Å². The molecule has 0 bridgehead atoms. The van der Waals surface area contributed by atoms with Crippen LogP contribution in [0.25, 0.3) is 0 Å². The summed E-state index contributed by atoms with van der Waals surface area (Å²) in [5, 5.41) is 3.82. The monoisotopic (exact) mass is 338 g/mol. The van der Waals surface area contributed by atoms with Gasteiger partial charge in [-0.1, -0.05) is 18.2 Å². The minimum atomic E-state index is -2.99. The molecule has 1 heterocycles. The maximum Gasteiger partial charge on any atom is 0.338 e. The Labute approximate surface area is 134 Å². The van der Waals surface area contributed by atoms with E-state index in [1.54, 1.807) is 24.3 Å². The van der Waals surface area contributed by atoms with Crippen LogP contribution < -0.4 is 5.43 Å². The van der Waals surface area contributed by atoms with Gasteiger partial charge in [0.05, 0.1) is 30.4 Å². The number of hydrogen-bond donors (Lipinski definition) is 1. The number of ether oxygens (including phenoxy) is 1. The summed E-state index contributed by atoms with van der Waals surface area (Å²) in [6.45, 7) is 0. The Bertz CT molecular complexity index is 727. The van der Waals surface area contributed by atoms with E-state index in [-0.39, 0.29) is 29.8 Å². The van der Waals surface area contributed by atoms with Crippen LogP contribution in [0.5, 0.6) is 0 Å². The fourth-order valence-electron chi connectivity index (χ4n) is 2.42. The number of esters is 1. The van der Waals surface area contributed by atoms with Crippen molar-refractivity contribution in [3.05, 3.63) is 35.4 Å². The molecule has 2 rings (SSSR count). The molecular formula is C15H18N2O5S. The molecule has 0 spiro atoms. The number of benzene rings is 1. The molecule has 1 aromatic carbocycles. The maximum absolute atomic E-state index is 11.8. The van der Waals surface area contributed by atoms with Crippen LogP contribution in [0.1, 0.15) is 28.8 Å². The van der Waals surface area contributed by atoms with E-state index < -0.39 is 15.8 Å². The summed E-state index contributed by atoms with van der Waals surface area (Å²) in [5.41, 5.74) is 3.21. The van der Waals surface area contributed by atoms with E-state index in [0.29, 0.717) is 17.5 Å². The lowest BCUT2D eigenvalue weighted by Crippen LogP contribution is -2.21. The van der Waals surface area contributed by atoms with Crippen molar-refractivity contribution in [1.29, 1.82) is 0 Å². The molecule has 8 heteroatoms. The molecule has 1 N–H and O–H groups in total. The summed E-state index contributed by atoms with van der Waals surface area (Å²) >= 11 is 0. The van der Waals surface area contributed by atoms with Crippen LogP contribution in [-0.4, -0.2) is 45.1 Å². The van der Waals surface area contributed by atoms with Crippen molar-refractivity contribution in [3.63, 3.8) is 0 Å². The Morgan fingerprint density at radius 1 is 1.39 bits per heavy atom. The molecule has 0 saturated carbocycles. The summed E-state index contributed by atoms with van der Waals surface area (Å²) in [5.74, 6) is -0.804. The molecule has 1 aliphatic rings. The Balaban J connectivity index is 1.92. The van der Waals surface area contributed by atoms with Gasteiger partial charge in [-0.05, 0) is 18.4 Å². The molecule has 0 radical (unpaired) electrons. The van der Waals surface area contributed by atoms with E-state index in [1.807, 2.05) is 0 Å². The lowest BCUT2D eigenvalue weighted by molar-refractivity contribution is -0.121. The summed E-state index contributed by atoms with van der Waals surface area (Å²) in [6, 6.07) is 6.70. The third-order valence-electron chi connectivity index (χ3n) is 3.56. The molecule has 1 fully saturated rings. The first-order chi connectivity index (χ1) is 10.9. The van der Waals surface area contributed by atoms with E-state index in [4.69, 9.17) is 0 Å². The molecule has 1 atom stereocenters. The van der Waals surface area contributed by atoms with Gasteiger partial charge >= 0.3 is 5.97 Å². The predicted octanol–water partition coefficient (Wildman–Crippen LogP) is 0.748. The average molecular weight is 338 g/mol. The second-order valence-electron chi connectivity index (χ2n) is 5.35. The second kappa shape index (κ2) is 7.36. The second-order valence-corrected chi connectivity index (χ2v) is 7.57. The largest absolute Gasteiger partial charge is 0.465 e. The number of hydrogen-bond acceptors (Lipinski definition) is 6. The molecule has 0 aromatic heterocycles. The number of nitrogens with zero attached hydrogens (tertiary/aromatic N) is 1. The number of methoxy groups -OCH3 is 1. The zero-order valence-electron chi connectivity index (χ0n) is 12.7. The van der Waals surface area contributed by atoms with Gasteiger partial charge in [0.15, 0.2) is 9.84 Å². The normalized spacial score (nSPS) is 19.6. The Hall–Kier alpha value is -2.22. The van der Waals surface area contributed by atoms with Gasteiger partial charge in [0, 0.05) is 12.0 Å². The van der Waals surface area contributed by atoms with Crippen LogP contribution in [0.3, 0.4) is 0 Å². The topological polar surface area (TPSA) is 102 Å². The van der Waals surface area contributed by atoms with Crippen LogP contribution in [0.4, 0.5) is 0 Å². The summed E-state index contributed by atoms with van der Waals surface area (Å²) in [4.78, 5) is 23.4. The van der Waals surface area contributed by atoms with Crippen molar-refractivity contribution in [3.8, 4) is 0 Å². The van der Waals surface area contributed by atoms with Gasteiger partial charge < -0.3 is 4.74 Å². The van der Waals surface area contributed by atoms with Crippen molar-refractivity contribution < 1.29 is 22.7 Å². The molecule has 7 nitrogen and oxygen atoms in total. The van der Waals surface area contributed by atoms with E-state index in [0.717, 1.165) is 0 Å². The summed E-state index contributed by atoms with van der Waals surface area (Å²) in [7, 11) is -1.71. The van der Waals surface area contributed by atoms with Crippen LogP contribution in [-0.2, 0) is 19.4 Å². The fourth-order valence-corrected chi connectivity index (χ4v) is 4.28. The standard InChI is InChI=1S/C15H18N2O5S/c1-22-15(19)13-5-3-2-4-12(13)9-16-17-14(18)8-11-6-7-23(20,21)10-11/h2-5,9,11H,6-8,10H2,1H3,(H,17,18)/b16-9-/t11-/m1/s1. The van der Waals surface area contributed by atoms with Crippen LogP contribution in [0, 0.1) is 5.92 Å². The Morgan fingerprint density at radius 3 is 2.78 bits per heavy atom. The third-order valence-corrected chi connectivity index (χ3v) is 5.40. The molecule has 124 valence electrons. The van der Waals surface area contributed by atoms with Crippen LogP contribution >= 0.6 is 0 Å². The molecule has 1 aliphatic heterocycles. The van der Waals surface area contributed by atoms with E-state index in [2.05, 4.69) is 15.3 Å². The van der Waals surface area contributed by atoms with Crippen LogP contribution in [0.2, 0.25) is 0 Å². The number of amides is 1. The fraction of sp³-hybridized carbons (Fsp3) is 0.400. The molecule has 0 unspecified atom stereocenters. The molecule has 0 aliphatic carbocycles. The highest BCUT2D eigenvalue weighted by Gasteiger charge is 2.29. The third kappa shape index (κ3) is 4.88. The first-order valence-electron chi connectivity index (χ1n) is 7.11. The van der Waals surface area contributed by atoms with Gasteiger partial charge in [0.2, 0.25) is 5.91 Å². The lowest BCUT2D eigenvalue weighted by Gasteiger charge is -2.06. The van der Waals surface area contributed by atoms with Crippen molar-refractivity contribution >= 4 is 27.9 Å². The Morgan fingerprint density at radius 2 is 2.13 bits per heavy atom. The van der Waals surface area contributed by atoms with Gasteiger partial charge in [0.25, 0.3) is 0 Å². The number of hydrazone groups is 1. The van der Waals surface area contributed by atoms with Crippen molar-refractivity contribution in [2.45, 2.75) is 12.8 Å². The van der Waals surface area contributed by atoms with Crippen molar-refractivity contribution in [2.24, 2.45) is 11.0 Å². The zero-order valence-corrected chi connectivity index (χ0v) is 13.5. The van der Waals surface area contributed by atoms with Gasteiger partial charge in [-0.2, -0.15) is 5.10 Å². The first kappa shape index (κ1) is 17.1. The van der Waals surface area contributed by atoms with Gasteiger partial charge in [0.1, 0.15) is 0 Å². The highest BCUT2D eigenvalue weighted by molar-refractivity contribution is 7.91. The minimum absolute atomic E-state index is 0.0509. The Kier molecular flexibility index (Phi) is 5.49. The number of sulfone groups is 1. The SMILES string of the molecule is COC(=O)c1ccccc1/C=N\NC(=O)C[C@H]1CCS(=O)(=O)C1. The quantitative estimate of drug-likeness (QED) is 0.485. The number of carbonyl (C=O) groups is 2. The summed E-state index contributed by atoms with van der Waals surface area (Å²) in [6.07, 6.45) is 1.98. The molecular weight excluding hydrogens is 320 g/mol. The zero-order chi connectivity index (χ0) is 16.9. The van der Waals surface area contributed by atoms with E-state index in [9.17, 15) is 18.0 Å². The predicted molar refractivity (Wildman–Crippen MR) is 84.9 cm³/mol. The van der Waals surface area contributed by atoms with Crippen molar-refractivity contribution in [2.75, 3.05) is 18.6 Å². The van der Waals surface area contributed by atoms with Gasteiger partial charge in [-0.3, -0.25) is 4.79 Å². The van der Waals surface area contributed by atoms with Gasteiger partial charge in [-0.25, -0.2) is 18.6 Å². The highest BCUT2D eigenvalue weighted by Crippen LogP contribution is 2.21. The van der Waals surface area contributed by atoms with Crippen LogP contribution in [0.15, 0.2) is 29.4 Å².